The lowest BCUT2D eigenvalue weighted by atomic mass is 9.81. The van der Waals surface area contributed by atoms with Gasteiger partial charge in [0.25, 0.3) is 0 Å². The molecule has 0 radical (unpaired) electrons. The smallest absolute Gasteiger partial charge is 0.233 e. The van der Waals surface area contributed by atoms with Crippen LogP contribution in [0.1, 0.15) is 51.1 Å². The summed E-state index contributed by atoms with van der Waals surface area (Å²) in [6, 6.07) is 22.9. The van der Waals surface area contributed by atoms with Crippen molar-refractivity contribution >= 4 is 50.5 Å². The quantitative estimate of drug-likeness (QED) is 0.261. The highest BCUT2D eigenvalue weighted by Gasteiger charge is 2.49. The topological polar surface area (TPSA) is 51.2 Å². The first-order chi connectivity index (χ1) is 17.4. The van der Waals surface area contributed by atoms with Crippen LogP contribution in [-0.4, -0.2) is 15.7 Å². The maximum Gasteiger partial charge on any atom is 0.233 e. The predicted molar refractivity (Wildman–Crippen MR) is 141 cm³/mol. The van der Waals surface area contributed by atoms with E-state index in [1.54, 1.807) is 0 Å². The van der Waals surface area contributed by atoms with E-state index in [-0.39, 0.29) is 0 Å². The second-order valence-electron chi connectivity index (χ2n) is 9.34. The minimum atomic E-state index is -0.746. The fourth-order valence-corrected chi connectivity index (χ4v) is 7.33. The third kappa shape index (κ3) is 2.63. The van der Waals surface area contributed by atoms with Gasteiger partial charge >= 0.3 is 0 Å². The van der Waals surface area contributed by atoms with Crippen LogP contribution in [0.25, 0.3) is 33.4 Å². The first-order valence-electron chi connectivity index (χ1n) is 11.5. The Morgan fingerprint density at radius 2 is 0.694 bits per heavy atom. The van der Waals surface area contributed by atoms with Gasteiger partial charge in [-0.1, -0.05) is 72.8 Å². The summed E-state index contributed by atoms with van der Waals surface area (Å²) in [6.07, 6.45) is 0. The molecule has 7 rings (SSSR count). The van der Waals surface area contributed by atoms with Crippen LogP contribution in [0.4, 0.5) is 0 Å². The normalized spacial score (nSPS) is 19.6. The van der Waals surface area contributed by atoms with Crippen molar-refractivity contribution in [1.82, 2.24) is 0 Å². The van der Waals surface area contributed by atoms with Crippen molar-refractivity contribution in [3.8, 4) is 33.4 Å². The number of carbonyl (C=O) groups excluding carboxylic acids is 3. The Hall–Kier alpha value is -3.24. The van der Waals surface area contributed by atoms with Crippen LogP contribution < -0.4 is 0 Å². The van der Waals surface area contributed by atoms with E-state index >= 15 is 0 Å². The molecule has 0 spiro atoms. The fraction of sp³-hybridized carbons (Fsp3) is 0.100. The zero-order valence-electron chi connectivity index (χ0n) is 18.5. The molecule has 6 heteroatoms. The zero-order valence-corrected chi connectivity index (χ0v) is 20.8. The van der Waals surface area contributed by atoms with Crippen molar-refractivity contribution in [2.75, 3.05) is 0 Å². The summed E-state index contributed by atoms with van der Waals surface area (Å²) in [5.41, 5.74) is 9.41. The maximum atomic E-state index is 13.0. The number of benzene rings is 4. The molecule has 174 valence electrons. The Morgan fingerprint density at radius 3 is 0.944 bits per heavy atom. The van der Waals surface area contributed by atoms with Crippen LogP contribution in [0.5, 0.6) is 0 Å². The molecule has 3 atom stereocenters. The summed E-state index contributed by atoms with van der Waals surface area (Å²) in [7, 11) is 0. The van der Waals surface area contributed by atoms with Gasteiger partial charge in [-0.05, 0) is 102 Å². The molecular weight excluding hydrogens is 515 g/mol. The van der Waals surface area contributed by atoms with Gasteiger partial charge in [0.15, 0.2) is 0 Å². The van der Waals surface area contributed by atoms with E-state index in [2.05, 4.69) is 0 Å². The molecule has 0 aromatic heterocycles. The van der Waals surface area contributed by atoms with E-state index in [9.17, 15) is 14.4 Å². The molecular formula is C30H15Cl3O3. The summed E-state index contributed by atoms with van der Waals surface area (Å²) in [6.45, 7) is 0. The van der Waals surface area contributed by atoms with Gasteiger partial charge in [-0.2, -0.15) is 0 Å². The molecule has 0 aliphatic heterocycles. The van der Waals surface area contributed by atoms with E-state index in [0.29, 0.717) is 16.7 Å². The summed E-state index contributed by atoms with van der Waals surface area (Å²) in [4.78, 5) is 39.0. The lowest BCUT2D eigenvalue weighted by Crippen LogP contribution is -2.12. The third-order valence-electron chi connectivity index (χ3n) is 7.79. The highest BCUT2D eigenvalue weighted by molar-refractivity contribution is 6.66. The summed E-state index contributed by atoms with van der Waals surface area (Å²) >= 11 is 18.8. The maximum absolute atomic E-state index is 13.0. The van der Waals surface area contributed by atoms with E-state index in [1.165, 1.54) is 0 Å². The third-order valence-corrected chi connectivity index (χ3v) is 8.44. The van der Waals surface area contributed by atoms with E-state index in [0.717, 1.165) is 50.1 Å². The zero-order chi connectivity index (χ0) is 24.9. The molecule has 3 aliphatic rings. The van der Waals surface area contributed by atoms with Crippen LogP contribution in [-0.2, 0) is 14.4 Å². The Kier molecular flexibility index (Phi) is 4.66. The van der Waals surface area contributed by atoms with Crippen molar-refractivity contribution in [3.05, 3.63) is 106 Å². The highest BCUT2D eigenvalue weighted by Crippen LogP contribution is 2.64. The van der Waals surface area contributed by atoms with Gasteiger partial charge in [-0.15, -0.1) is 0 Å². The van der Waals surface area contributed by atoms with Crippen molar-refractivity contribution in [2.24, 2.45) is 0 Å². The summed E-state index contributed by atoms with van der Waals surface area (Å²) in [5.74, 6) is -2.24. The summed E-state index contributed by atoms with van der Waals surface area (Å²) < 4.78 is 0. The number of hydrogen-bond donors (Lipinski definition) is 0. The average molecular weight is 530 g/mol. The van der Waals surface area contributed by atoms with Crippen LogP contribution >= 0.6 is 34.8 Å². The Morgan fingerprint density at radius 1 is 0.444 bits per heavy atom. The first-order valence-corrected chi connectivity index (χ1v) is 12.6. The fourth-order valence-electron chi connectivity index (χ4n) is 6.65. The molecule has 0 fully saturated rings. The van der Waals surface area contributed by atoms with Crippen molar-refractivity contribution in [2.45, 2.75) is 17.8 Å². The molecule has 0 amide bonds. The average Bonchev–Trinajstić information content (AvgIpc) is 3.49. The second kappa shape index (κ2) is 7.63. The van der Waals surface area contributed by atoms with E-state index in [4.69, 9.17) is 34.8 Å². The number of carbonyl (C=O) groups is 3. The van der Waals surface area contributed by atoms with Crippen molar-refractivity contribution in [1.29, 1.82) is 0 Å². The van der Waals surface area contributed by atoms with Crippen LogP contribution in [0.3, 0.4) is 0 Å². The number of fused-ring (bicyclic) bond motifs is 12. The molecule has 0 saturated heterocycles. The van der Waals surface area contributed by atoms with Gasteiger partial charge in [0, 0.05) is 0 Å². The number of halogens is 3. The largest absolute Gasteiger partial charge is 0.280 e. The summed E-state index contributed by atoms with van der Waals surface area (Å²) in [5, 5.41) is -1.57. The molecule has 4 aromatic rings. The molecule has 0 N–H and O–H groups in total. The Balaban J connectivity index is 1.76. The molecule has 3 aliphatic carbocycles. The monoisotopic (exact) mass is 528 g/mol. The van der Waals surface area contributed by atoms with Crippen molar-refractivity contribution in [3.63, 3.8) is 0 Å². The first kappa shape index (κ1) is 22.0. The van der Waals surface area contributed by atoms with E-state index in [1.807, 2.05) is 72.8 Å². The standard InChI is InChI=1S/C30H15Cl3O3/c31-28(34)22-16-10-4-1-7-13(16)19-25(22)20-15-9-3-6-12-18(15)24(30(33)36)27(20)21-14-8-2-5-11-17(14)23(26(19)21)29(32)35/h1-12,22-24H/t22-,23-,24+/m1/s1. The molecule has 0 heterocycles. The van der Waals surface area contributed by atoms with Gasteiger partial charge < -0.3 is 0 Å². The van der Waals surface area contributed by atoms with Crippen LogP contribution in [0.2, 0.25) is 0 Å². The van der Waals surface area contributed by atoms with Crippen molar-refractivity contribution < 1.29 is 14.4 Å². The SMILES string of the molecule is O=C(Cl)[C@@H]1c2ccccc2-c2c1c1c(c3c2[C@@H](C(=O)Cl)c2ccccc2-3)[C@H](C(=O)Cl)c2ccccc2-1. The second-order valence-corrected chi connectivity index (χ2v) is 10.5. The Bertz CT molecular complexity index is 1480. The lowest BCUT2D eigenvalue weighted by molar-refractivity contribution is -0.112. The molecule has 36 heavy (non-hydrogen) atoms. The van der Waals surface area contributed by atoms with Gasteiger partial charge in [0.05, 0.1) is 17.8 Å². The number of hydrogen-bond acceptors (Lipinski definition) is 3. The van der Waals surface area contributed by atoms with Gasteiger partial charge in [0.2, 0.25) is 15.7 Å². The van der Waals surface area contributed by atoms with Crippen LogP contribution in [0, 0.1) is 0 Å². The molecule has 3 nitrogen and oxygen atoms in total. The highest BCUT2D eigenvalue weighted by atomic mass is 35.5. The minimum absolute atomic E-state index is 0.522. The number of rotatable bonds is 3. The predicted octanol–water partition coefficient (Wildman–Crippen LogP) is 7.32. The Labute approximate surface area is 221 Å². The molecule has 0 saturated carbocycles. The molecule has 0 bridgehead atoms. The van der Waals surface area contributed by atoms with Gasteiger partial charge in [-0.3, -0.25) is 14.4 Å². The van der Waals surface area contributed by atoms with Crippen LogP contribution in [0.15, 0.2) is 72.8 Å². The van der Waals surface area contributed by atoms with E-state index < -0.39 is 33.5 Å². The van der Waals surface area contributed by atoms with Gasteiger partial charge in [0.1, 0.15) is 0 Å². The lowest BCUT2D eigenvalue weighted by Gasteiger charge is -2.22. The molecule has 4 aromatic carbocycles. The van der Waals surface area contributed by atoms with Gasteiger partial charge in [-0.25, -0.2) is 0 Å². The molecule has 0 unspecified atom stereocenters. The minimum Gasteiger partial charge on any atom is -0.280 e.